The molecule has 2 N–H and O–H groups in total. The van der Waals surface area contributed by atoms with Gasteiger partial charge < -0.3 is 10.3 Å². The third-order valence-electron chi connectivity index (χ3n) is 4.00. The van der Waals surface area contributed by atoms with Crippen LogP contribution in [0, 0.1) is 5.92 Å². The van der Waals surface area contributed by atoms with Crippen LogP contribution in [0.3, 0.4) is 0 Å². The molecule has 3 rings (SSSR count). The fourth-order valence-corrected chi connectivity index (χ4v) is 2.77. The van der Waals surface area contributed by atoms with Crippen molar-refractivity contribution < 1.29 is 9.59 Å². The Kier molecular flexibility index (Phi) is 3.41. The number of carbonyl (C=O) groups is 2. The highest BCUT2D eigenvalue weighted by molar-refractivity contribution is 6.04. The Balaban J connectivity index is 1.73. The lowest BCUT2D eigenvalue weighted by atomic mass is 10.0. The third-order valence-corrected chi connectivity index (χ3v) is 4.00. The SMILES string of the molecule is CC(C)C1NC(=O)N(CCc2c[nH]c3ccccc23)C1=O. The summed E-state index contributed by atoms with van der Waals surface area (Å²) in [7, 11) is 0. The van der Waals surface area contributed by atoms with Gasteiger partial charge in [-0.1, -0.05) is 32.0 Å². The van der Waals surface area contributed by atoms with Gasteiger partial charge in [0.1, 0.15) is 6.04 Å². The van der Waals surface area contributed by atoms with Gasteiger partial charge in [0.15, 0.2) is 0 Å². The molecule has 1 unspecified atom stereocenters. The zero-order valence-corrected chi connectivity index (χ0v) is 12.2. The van der Waals surface area contributed by atoms with Crippen LogP contribution in [0.1, 0.15) is 19.4 Å². The number of hydrogen-bond acceptors (Lipinski definition) is 2. The number of aromatic nitrogens is 1. The second kappa shape index (κ2) is 5.24. The average Bonchev–Trinajstić information content (AvgIpc) is 2.99. The topological polar surface area (TPSA) is 65.2 Å². The highest BCUT2D eigenvalue weighted by Crippen LogP contribution is 2.20. The average molecular weight is 285 g/mol. The maximum absolute atomic E-state index is 12.2. The molecule has 1 aliphatic heterocycles. The summed E-state index contributed by atoms with van der Waals surface area (Å²) in [5.41, 5.74) is 2.20. The fourth-order valence-electron chi connectivity index (χ4n) is 2.77. The minimum Gasteiger partial charge on any atom is -0.361 e. The number of amides is 3. The maximum atomic E-state index is 12.2. The van der Waals surface area contributed by atoms with Crippen molar-refractivity contribution in [3.63, 3.8) is 0 Å². The number of imide groups is 1. The Labute approximate surface area is 123 Å². The van der Waals surface area contributed by atoms with Crippen molar-refractivity contribution in [2.45, 2.75) is 26.3 Å². The molecule has 1 atom stereocenters. The molecule has 21 heavy (non-hydrogen) atoms. The number of aromatic amines is 1. The van der Waals surface area contributed by atoms with Crippen LogP contribution in [-0.4, -0.2) is 34.4 Å². The van der Waals surface area contributed by atoms with Gasteiger partial charge in [-0.25, -0.2) is 4.79 Å². The third kappa shape index (κ3) is 2.39. The molecular formula is C16H19N3O2. The number of carbonyl (C=O) groups excluding carboxylic acids is 2. The summed E-state index contributed by atoms with van der Waals surface area (Å²) in [6, 6.07) is 7.36. The summed E-state index contributed by atoms with van der Waals surface area (Å²) < 4.78 is 0. The summed E-state index contributed by atoms with van der Waals surface area (Å²) >= 11 is 0. The number of rotatable bonds is 4. The number of nitrogens with one attached hydrogen (secondary N) is 2. The first-order chi connectivity index (χ1) is 10.1. The maximum Gasteiger partial charge on any atom is 0.324 e. The van der Waals surface area contributed by atoms with Gasteiger partial charge in [0, 0.05) is 23.6 Å². The molecule has 2 aromatic rings. The van der Waals surface area contributed by atoms with Crippen LogP contribution in [0.4, 0.5) is 4.79 Å². The van der Waals surface area contributed by atoms with Gasteiger partial charge in [-0.15, -0.1) is 0 Å². The smallest absolute Gasteiger partial charge is 0.324 e. The first-order valence-corrected chi connectivity index (χ1v) is 7.25. The summed E-state index contributed by atoms with van der Waals surface area (Å²) in [5, 5.41) is 3.89. The number of para-hydroxylation sites is 1. The number of benzene rings is 1. The lowest BCUT2D eigenvalue weighted by molar-refractivity contribution is -0.128. The quantitative estimate of drug-likeness (QED) is 0.846. The Bertz CT molecular complexity index is 690. The highest BCUT2D eigenvalue weighted by atomic mass is 16.2. The van der Waals surface area contributed by atoms with E-state index in [1.54, 1.807) is 0 Å². The van der Waals surface area contributed by atoms with Crippen molar-refractivity contribution in [2.75, 3.05) is 6.54 Å². The number of H-pyrrole nitrogens is 1. The van der Waals surface area contributed by atoms with E-state index in [4.69, 9.17) is 0 Å². The Morgan fingerprint density at radius 1 is 1.24 bits per heavy atom. The lowest BCUT2D eigenvalue weighted by Gasteiger charge is -2.14. The summed E-state index contributed by atoms with van der Waals surface area (Å²) in [5.74, 6) is -0.00520. The van der Waals surface area contributed by atoms with Crippen LogP contribution in [0.5, 0.6) is 0 Å². The number of urea groups is 1. The van der Waals surface area contributed by atoms with Gasteiger partial charge in [-0.3, -0.25) is 9.69 Å². The molecule has 1 saturated heterocycles. The number of fused-ring (bicyclic) bond motifs is 1. The number of nitrogens with zero attached hydrogens (tertiary/aromatic N) is 1. The molecule has 1 fully saturated rings. The number of hydrogen-bond donors (Lipinski definition) is 2. The van der Waals surface area contributed by atoms with Crippen molar-refractivity contribution in [3.05, 3.63) is 36.0 Å². The largest absolute Gasteiger partial charge is 0.361 e. The van der Waals surface area contributed by atoms with E-state index in [9.17, 15) is 9.59 Å². The Morgan fingerprint density at radius 2 is 2.00 bits per heavy atom. The van der Waals surface area contributed by atoms with Crippen LogP contribution in [0.25, 0.3) is 10.9 Å². The molecule has 0 aliphatic carbocycles. The molecule has 1 aromatic heterocycles. The molecule has 0 spiro atoms. The molecule has 1 aliphatic rings. The molecular weight excluding hydrogens is 266 g/mol. The molecule has 5 heteroatoms. The molecule has 2 heterocycles. The zero-order valence-electron chi connectivity index (χ0n) is 12.2. The lowest BCUT2D eigenvalue weighted by Crippen LogP contribution is -2.35. The highest BCUT2D eigenvalue weighted by Gasteiger charge is 2.39. The van der Waals surface area contributed by atoms with Crippen LogP contribution < -0.4 is 5.32 Å². The van der Waals surface area contributed by atoms with Gasteiger partial charge >= 0.3 is 6.03 Å². The van der Waals surface area contributed by atoms with E-state index in [1.807, 2.05) is 44.3 Å². The van der Waals surface area contributed by atoms with Crippen molar-refractivity contribution in [1.29, 1.82) is 0 Å². The van der Waals surface area contributed by atoms with Gasteiger partial charge in [0.2, 0.25) is 0 Å². The van der Waals surface area contributed by atoms with Crippen LogP contribution in [0.15, 0.2) is 30.5 Å². The van der Waals surface area contributed by atoms with Gasteiger partial charge in [-0.05, 0) is 24.0 Å². The normalized spacial score (nSPS) is 18.8. The molecule has 1 aromatic carbocycles. The molecule has 3 amide bonds. The minimum atomic E-state index is -0.388. The van der Waals surface area contributed by atoms with E-state index in [-0.39, 0.29) is 23.9 Å². The van der Waals surface area contributed by atoms with Gasteiger partial charge in [0.25, 0.3) is 5.91 Å². The summed E-state index contributed by atoms with van der Waals surface area (Å²) in [6.07, 6.45) is 2.61. The minimum absolute atomic E-state index is 0.111. The van der Waals surface area contributed by atoms with Gasteiger partial charge in [-0.2, -0.15) is 0 Å². The molecule has 0 saturated carbocycles. The van der Waals surface area contributed by atoms with E-state index < -0.39 is 0 Å². The standard InChI is InChI=1S/C16H19N3O2/c1-10(2)14-15(20)19(16(21)18-14)8-7-11-9-17-13-6-4-3-5-12(11)13/h3-6,9-10,14,17H,7-8H2,1-2H3,(H,18,21). The molecule has 0 bridgehead atoms. The predicted molar refractivity (Wildman–Crippen MR) is 80.9 cm³/mol. The van der Waals surface area contributed by atoms with Crippen molar-refractivity contribution in [2.24, 2.45) is 5.92 Å². The molecule has 5 nitrogen and oxygen atoms in total. The Morgan fingerprint density at radius 3 is 2.71 bits per heavy atom. The van der Waals surface area contributed by atoms with Crippen LogP contribution in [0.2, 0.25) is 0 Å². The Hall–Kier alpha value is -2.30. The summed E-state index contributed by atoms with van der Waals surface area (Å²) in [6.45, 7) is 4.29. The van der Waals surface area contributed by atoms with E-state index in [0.29, 0.717) is 13.0 Å². The van der Waals surface area contributed by atoms with E-state index in [2.05, 4.69) is 10.3 Å². The first-order valence-electron chi connectivity index (χ1n) is 7.25. The van der Waals surface area contributed by atoms with Crippen LogP contribution in [-0.2, 0) is 11.2 Å². The zero-order chi connectivity index (χ0) is 15.0. The summed E-state index contributed by atoms with van der Waals surface area (Å²) in [4.78, 5) is 28.7. The van der Waals surface area contributed by atoms with E-state index in [1.165, 1.54) is 4.90 Å². The van der Waals surface area contributed by atoms with E-state index in [0.717, 1.165) is 16.5 Å². The van der Waals surface area contributed by atoms with Crippen molar-refractivity contribution in [3.8, 4) is 0 Å². The predicted octanol–water partition coefficient (Wildman–Crippen LogP) is 2.29. The monoisotopic (exact) mass is 285 g/mol. The fraction of sp³-hybridized carbons (Fsp3) is 0.375. The van der Waals surface area contributed by atoms with Crippen molar-refractivity contribution in [1.82, 2.24) is 15.2 Å². The molecule has 0 radical (unpaired) electrons. The van der Waals surface area contributed by atoms with E-state index >= 15 is 0 Å². The van der Waals surface area contributed by atoms with Crippen LogP contribution >= 0.6 is 0 Å². The second-order valence-corrected chi connectivity index (χ2v) is 5.77. The van der Waals surface area contributed by atoms with Gasteiger partial charge in [0.05, 0.1) is 0 Å². The molecule has 110 valence electrons. The first kappa shape index (κ1) is 13.7. The van der Waals surface area contributed by atoms with Crippen molar-refractivity contribution >= 4 is 22.8 Å². The second-order valence-electron chi connectivity index (χ2n) is 5.77.